The molecule has 13 aromatic carbocycles. The number of benzene rings is 13. The van der Waals surface area contributed by atoms with Crippen LogP contribution in [0.2, 0.25) is 0 Å². The Morgan fingerprint density at radius 1 is 0.292 bits per heavy atom. The Labute approximate surface area is 519 Å². The molecule has 15 aromatic rings. The van der Waals surface area contributed by atoms with E-state index < -0.39 is 0 Å². The lowest BCUT2D eigenvalue weighted by Gasteiger charge is -2.31. The molecule has 2 aromatic heterocycles. The molecule has 418 valence electrons. The van der Waals surface area contributed by atoms with Gasteiger partial charge in [0.25, 0.3) is 0 Å². The summed E-state index contributed by atoms with van der Waals surface area (Å²) in [5.74, 6) is 0.683. The van der Waals surface area contributed by atoms with Crippen LogP contribution in [0.25, 0.3) is 133 Å². The molecule has 0 aliphatic heterocycles. The molecule has 2 heterocycles. The van der Waals surface area contributed by atoms with E-state index in [1.165, 1.54) is 132 Å². The Morgan fingerprint density at radius 2 is 0.640 bits per heavy atom. The van der Waals surface area contributed by atoms with Crippen molar-refractivity contribution in [2.24, 2.45) is 0 Å². The van der Waals surface area contributed by atoms with Crippen LogP contribution in [0.1, 0.15) is 82.0 Å². The summed E-state index contributed by atoms with van der Waals surface area (Å²) in [6.45, 7) is 2.35. The van der Waals surface area contributed by atoms with Gasteiger partial charge in [-0.25, -0.2) is 9.97 Å². The first-order valence-corrected chi connectivity index (χ1v) is 31.7. The summed E-state index contributed by atoms with van der Waals surface area (Å²) in [5, 5.41) is 7.16. The molecule has 0 radical (unpaired) electrons. The average Bonchev–Trinajstić information content (AvgIpc) is 1.71. The maximum Gasteiger partial charge on any atom is 0.0750 e. The van der Waals surface area contributed by atoms with Crippen LogP contribution in [0.3, 0.4) is 0 Å². The van der Waals surface area contributed by atoms with Gasteiger partial charge in [-0.1, -0.05) is 237 Å². The highest BCUT2D eigenvalue weighted by Gasteiger charge is 2.45. The molecule has 2 bridgehead atoms. The van der Waals surface area contributed by atoms with Crippen LogP contribution in [-0.4, -0.2) is 9.97 Å². The van der Waals surface area contributed by atoms with Gasteiger partial charge in [-0.3, -0.25) is 0 Å². The van der Waals surface area contributed by atoms with Crippen LogP contribution in [0.5, 0.6) is 0 Å². The van der Waals surface area contributed by atoms with E-state index in [2.05, 4.69) is 298 Å². The first-order valence-electron chi connectivity index (χ1n) is 31.7. The zero-order valence-corrected chi connectivity index (χ0v) is 49.5. The number of pyridine rings is 2. The molecule has 3 atom stereocenters. The van der Waals surface area contributed by atoms with E-state index >= 15 is 0 Å². The van der Waals surface area contributed by atoms with Crippen LogP contribution in [0.15, 0.2) is 291 Å². The van der Waals surface area contributed by atoms with Gasteiger partial charge in [0, 0.05) is 39.7 Å². The molecule has 3 aliphatic carbocycles. The SMILES string of the molecule is CCC1c2ccccc2Cc2c1c(-c1ccccc1)nc1cc3c(-c4cc(-c5ccccc5)cc(-c5ccccc5)c4)c4cc5c6c(c(-c7ccccc7)nc5cc4c(-c4cc(-c5ccccc5)cc(-c5ccccc5)c4)c3cc21)C1CC6c2ccccc21. The van der Waals surface area contributed by atoms with Gasteiger partial charge in [0.1, 0.15) is 0 Å². The van der Waals surface area contributed by atoms with Crippen LogP contribution in [0, 0.1) is 0 Å². The predicted molar refractivity (Wildman–Crippen MR) is 372 cm³/mol. The normalized spacial score (nSPS) is 15.3. The second kappa shape index (κ2) is 20.7. The molecule has 18 rings (SSSR count). The summed E-state index contributed by atoms with van der Waals surface area (Å²) in [4.78, 5) is 12.0. The van der Waals surface area contributed by atoms with Crippen LogP contribution < -0.4 is 0 Å². The molecule has 3 aliphatic rings. The lowest BCUT2D eigenvalue weighted by Crippen LogP contribution is -2.16. The van der Waals surface area contributed by atoms with Gasteiger partial charge >= 0.3 is 0 Å². The number of nitrogens with zero attached hydrogens (tertiary/aromatic N) is 2. The molecule has 3 unspecified atom stereocenters. The molecule has 0 amide bonds. The van der Waals surface area contributed by atoms with Crippen LogP contribution in [0.4, 0.5) is 0 Å². The molecule has 0 N–H and O–H groups in total. The van der Waals surface area contributed by atoms with Crippen molar-refractivity contribution < 1.29 is 0 Å². The number of fused-ring (bicyclic) bond motifs is 16. The highest BCUT2D eigenvalue weighted by molar-refractivity contribution is 6.26. The van der Waals surface area contributed by atoms with Crippen molar-refractivity contribution in [1.29, 1.82) is 0 Å². The third-order valence-electron chi connectivity index (χ3n) is 20.0. The van der Waals surface area contributed by atoms with Gasteiger partial charge in [0.05, 0.1) is 22.4 Å². The van der Waals surface area contributed by atoms with Gasteiger partial charge in [-0.15, -0.1) is 0 Å². The van der Waals surface area contributed by atoms with Crippen LogP contribution >= 0.6 is 0 Å². The standard InChI is InChI=1S/C87H60N2/c1-2-66-67-38-22-21-37-59(67)47-71-70-48-74-76(51-79(70)88-86(84(66)71)57-33-17-7-18-34-57)82(65-45-62(55-29-13-5-14-30-55)42-63(46-65)56-31-15-6-16-32-56)75-50-78-80(89-87(58-35-19-8-20-36-58)85-73-49-72(83(78)85)68-39-23-24-40-69(68)73)52-77(75)81(74)64-43-60(53-25-9-3-10-26-53)41-61(44-64)54-27-11-4-12-28-54/h3-46,48,50-52,66,72-73H,2,47,49H2,1H3. The fourth-order valence-electron chi connectivity index (χ4n) is 16.1. The van der Waals surface area contributed by atoms with Crippen molar-refractivity contribution in [3.05, 3.63) is 336 Å². The Morgan fingerprint density at radius 3 is 1.09 bits per heavy atom. The smallest absolute Gasteiger partial charge is 0.0750 e. The van der Waals surface area contributed by atoms with Gasteiger partial charge in [0.2, 0.25) is 0 Å². The first kappa shape index (κ1) is 51.4. The maximum atomic E-state index is 6.01. The minimum Gasteiger partial charge on any atom is -0.247 e. The third kappa shape index (κ3) is 8.31. The molecular weight excluding hydrogens is 1070 g/mol. The fourth-order valence-corrected chi connectivity index (χ4v) is 16.1. The molecule has 0 saturated heterocycles. The van der Waals surface area contributed by atoms with Crippen molar-refractivity contribution in [2.75, 3.05) is 0 Å². The molecular formula is C87H60N2. The number of hydrogen-bond donors (Lipinski definition) is 0. The lowest BCUT2D eigenvalue weighted by molar-refractivity contribution is 0.739. The molecule has 89 heavy (non-hydrogen) atoms. The summed E-state index contributed by atoms with van der Waals surface area (Å²) in [7, 11) is 0. The average molecular weight is 1130 g/mol. The Bertz CT molecular complexity index is 5210. The third-order valence-corrected chi connectivity index (χ3v) is 20.0. The van der Waals surface area contributed by atoms with Crippen LogP contribution in [-0.2, 0) is 6.42 Å². The number of aromatic nitrogens is 2. The summed E-state index contributed by atoms with van der Waals surface area (Å²) < 4.78 is 0. The van der Waals surface area contributed by atoms with Gasteiger partial charge in [-0.2, -0.15) is 0 Å². The summed E-state index contributed by atoms with van der Waals surface area (Å²) in [5.41, 5.74) is 31.8. The largest absolute Gasteiger partial charge is 0.247 e. The predicted octanol–water partition coefficient (Wildman–Crippen LogP) is 22.9. The molecule has 2 nitrogen and oxygen atoms in total. The lowest BCUT2D eigenvalue weighted by atomic mass is 9.74. The van der Waals surface area contributed by atoms with Crippen molar-refractivity contribution >= 4 is 43.4 Å². The molecule has 0 fully saturated rings. The van der Waals surface area contributed by atoms with Crippen molar-refractivity contribution in [3.8, 4) is 89.3 Å². The van der Waals surface area contributed by atoms with E-state index in [1.807, 2.05) is 0 Å². The first-order chi connectivity index (χ1) is 44.1. The van der Waals surface area contributed by atoms with E-state index in [4.69, 9.17) is 9.97 Å². The minimum absolute atomic E-state index is 0.178. The van der Waals surface area contributed by atoms with E-state index in [0.29, 0.717) is 0 Å². The Kier molecular flexibility index (Phi) is 12.0. The highest BCUT2D eigenvalue weighted by atomic mass is 14.7. The Balaban J connectivity index is 1.06. The Hall–Kier alpha value is -10.8. The maximum absolute atomic E-state index is 6.01. The van der Waals surface area contributed by atoms with Crippen molar-refractivity contribution in [1.82, 2.24) is 9.97 Å². The van der Waals surface area contributed by atoms with Crippen molar-refractivity contribution in [3.63, 3.8) is 0 Å². The number of rotatable bonds is 9. The zero-order chi connectivity index (χ0) is 58.7. The van der Waals surface area contributed by atoms with E-state index in [9.17, 15) is 0 Å². The summed E-state index contributed by atoms with van der Waals surface area (Å²) in [6, 6.07) is 109. The zero-order valence-electron chi connectivity index (χ0n) is 49.5. The summed E-state index contributed by atoms with van der Waals surface area (Å²) in [6.07, 6.45) is 2.82. The van der Waals surface area contributed by atoms with Crippen molar-refractivity contribution in [2.45, 2.75) is 43.9 Å². The highest BCUT2D eigenvalue weighted by Crippen LogP contribution is 2.61. The van der Waals surface area contributed by atoms with Gasteiger partial charge in [0.15, 0.2) is 0 Å². The van der Waals surface area contributed by atoms with Gasteiger partial charge < -0.3 is 0 Å². The van der Waals surface area contributed by atoms with E-state index in [-0.39, 0.29) is 17.8 Å². The van der Waals surface area contributed by atoms with E-state index in [0.717, 1.165) is 63.9 Å². The second-order valence-corrected chi connectivity index (χ2v) is 24.8. The number of hydrogen-bond acceptors (Lipinski definition) is 2. The topological polar surface area (TPSA) is 25.8 Å². The van der Waals surface area contributed by atoms with Gasteiger partial charge in [-0.05, 0) is 213 Å². The fraction of sp³-hybridized carbons (Fsp3) is 0.0805. The molecule has 0 saturated carbocycles. The molecule has 0 spiro atoms. The summed E-state index contributed by atoms with van der Waals surface area (Å²) >= 11 is 0. The molecule has 2 heteroatoms. The second-order valence-electron chi connectivity index (χ2n) is 24.8. The van der Waals surface area contributed by atoms with E-state index in [1.54, 1.807) is 0 Å². The minimum atomic E-state index is 0.178. The quantitative estimate of drug-likeness (QED) is 0.135. The monoisotopic (exact) mass is 1130 g/mol.